The molecule has 0 aromatic heterocycles. The highest BCUT2D eigenvalue weighted by Gasteiger charge is 2.23. The van der Waals surface area contributed by atoms with Crippen LogP contribution in [0.4, 0.5) is 17.1 Å². The number of hydrogen-bond donors (Lipinski definition) is 1. The maximum Gasteiger partial charge on any atom is 0.261 e. The van der Waals surface area contributed by atoms with Crippen molar-refractivity contribution in [2.75, 3.05) is 34.2 Å². The molecule has 1 amide bonds. The minimum absolute atomic E-state index is 0.0872. The van der Waals surface area contributed by atoms with E-state index in [1.165, 1.54) is 6.42 Å². The molecular formula is C21H25N3O3S. The van der Waals surface area contributed by atoms with E-state index in [-0.39, 0.29) is 10.8 Å². The van der Waals surface area contributed by atoms with Crippen molar-refractivity contribution in [1.82, 2.24) is 0 Å². The average molecular weight is 400 g/mol. The Kier molecular flexibility index (Phi) is 5.26. The van der Waals surface area contributed by atoms with Gasteiger partial charge in [0.25, 0.3) is 10.0 Å². The maximum atomic E-state index is 12.9. The van der Waals surface area contributed by atoms with Crippen LogP contribution in [0, 0.1) is 0 Å². The summed E-state index contributed by atoms with van der Waals surface area (Å²) < 4.78 is 28.6. The molecule has 6 nitrogen and oxygen atoms in total. The fourth-order valence-electron chi connectivity index (χ4n) is 3.90. The minimum atomic E-state index is -3.71. The van der Waals surface area contributed by atoms with E-state index < -0.39 is 10.0 Å². The van der Waals surface area contributed by atoms with Crippen molar-refractivity contribution in [3.63, 3.8) is 0 Å². The smallest absolute Gasteiger partial charge is 0.261 e. The van der Waals surface area contributed by atoms with E-state index in [1.807, 2.05) is 18.2 Å². The van der Waals surface area contributed by atoms with Crippen molar-refractivity contribution in [3.05, 3.63) is 48.5 Å². The molecular weight excluding hydrogens is 374 g/mol. The number of para-hydroxylation sites is 2. The van der Waals surface area contributed by atoms with Crippen LogP contribution in [0.3, 0.4) is 0 Å². The molecule has 1 N–H and O–H groups in total. The normalized spacial score (nSPS) is 17.8. The Bertz CT molecular complexity index is 951. The molecule has 0 aliphatic carbocycles. The molecule has 2 aliphatic heterocycles. The van der Waals surface area contributed by atoms with Gasteiger partial charge in [0, 0.05) is 31.7 Å². The fraction of sp³-hybridized carbons (Fsp3) is 0.381. The summed E-state index contributed by atoms with van der Waals surface area (Å²) in [6, 6.07) is 14.1. The molecule has 0 spiro atoms. The van der Waals surface area contributed by atoms with E-state index in [9.17, 15) is 13.2 Å². The van der Waals surface area contributed by atoms with Crippen LogP contribution in [0.2, 0.25) is 0 Å². The van der Waals surface area contributed by atoms with Gasteiger partial charge < -0.3 is 9.80 Å². The molecule has 0 unspecified atom stereocenters. The lowest BCUT2D eigenvalue weighted by atomic mass is 10.1. The number of sulfonamides is 1. The molecule has 0 atom stereocenters. The second-order valence-corrected chi connectivity index (χ2v) is 9.00. The molecule has 2 aromatic carbocycles. The SMILES string of the molecule is O=C1CCCN1c1ccc(S(=O)(=O)Nc2ccccc2N2CCCCC2)cc1. The first-order valence-corrected chi connectivity index (χ1v) is 11.3. The second-order valence-electron chi connectivity index (χ2n) is 7.31. The van der Waals surface area contributed by atoms with Crippen LogP contribution < -0.4 is 14.5 Å². The van der Waals surface area contributed by atoms with Crippen LogP contribution in [0.5, 0.6) is 0 Å². The van der Waals surface area contributed by atoms with Gasteiger partial charge in [-0.1, -0.05) is 12.1 Å². The summed E-state index contributed by atoms with van der Waals surface area (Å²) in [5.74, 6) is 0.0872. The summed E-state index contributed by atoms with van der Waals surface area (Å²) in [5.41, 5.74) is 2.27. The van der Waals surface area contributed by atoms with E-state index in [1.54, 1.807) is 35.2 Å². The standard InChI is InChI=1S/C21H25N3O3S/c25-21-9-6-16-24(21)17-10-12-18(13-11-17)28(26,27)22-19-7-2-3-8-20(19)23-14-4-1-5-15-23/h2-3,7-8,10-13,22H,1,4-6,9,14-16H2. The van der Waals surface area contributed by atoms with Crippen molar-refractivity contribution in [2.45, 2.75) is 37.0 Å². The molecule has 28 heavy (non-hydrogen) atoms. The Morgan fingerprint density at radius 1 is 0.821 bits per heavy atom. The number of rotatable bonds is 5. The van der Waals surface area contributed by atoms with E-state index >= 15 is 0 Å². The molecule has 2 saturated heterocycles. The number of amides is 1. The lowest BCUT2D eigenvalue weighted by Gasteiger charge is -2.30. The first-order valence-electron chi connectivity index (χ1n) is 9.82. The summed E-state index contributed by atoms with van der Waals surface area (Å²) in [6.45, 7) is 2.57. The van der Waals surface area contributed by atoms with Gasteiger partial charge in [-0.15, -0.1) is 0 Å². The number of carbonyl (C=O) groups is 1. The third-order valence-corrected chi connectivity index (χ3v) is 6.76. The summed E-state index contributed by atoms with van der Waals surface area (Å²) in [5, 5.41) is 0. The Morgan fingerprint density at radius 2 is 1.54 bits per heavy atom. The van der Waals surface area contributed by atoms with Crippen LogP contribution >= 0.6 is 0 Å². The Labute approximate surface area is 166 Å². The van der Waals surface area contributed by atoms with Gasteiger partial charge in [0.2, 0.25) is 5.91 Å². The van der Waals surface area contributed by atoms with Crippen molar-refractivity contribution < 1.29 is 13.2 Å². The summed E-state index contributed by atoms with van der Waals surface area (Å²) in [7, 11) is -3.71. The summed E-state index contributed by atoms with van der Waals surface area (Å²) in [6.07, 6.45) is 4.86. The van der Waals surface area contributed by atoms with Crippen LogP contribution in [-0.2, 0) is 14.8 Å². The maximum absolute atomic E-state index is 12.9. The predicted octanol–water partition coefficient (Wildman–Crippen LogP) is 3.60. The molecule has 2 aliphatic rings. The van der Waals surface area contributed by atoms with E-state index in [0.717, 1.165) is 43.7 Å². The van der Waals surface area contributed by atoms with Crippen LogP contribution in [0.1, 0.15) is 32.1 Å². The van der Waals surface area contributed by atoms with Crippen molar-refractivity contribution in [3.8, 4) is 0 Å². The highest BCUT2D eigenvalue weighted by Crippen LogP contribution is 2.30. The third-order valence-electron chi connectivity index (χ3n) is 5.38. The number of nitrogens with zero attached hydrogens (tertiary/aromatic N) is 2. The van der Waals surface area contributed by atoms with Crippen LogP contribution in [0.15, 0.2) is 53.4 Å². The van der Waals surface area contributed by atoms with Crippen LogP contribution in [-0.4, -0.2) is 34.0 Å². The quantitative estimate of drug-likeness (QED) is 0.834. The van der Waals surface area contributed by atoms with Gasteiger partial charge in [0.15, 0.2) is 0 Å². The highest BCUT2D eigenvalue weighted by molar-refractivity contribution is 7.92. The minimum Gasteiger partial charge on any atom is -0.370 e. The van der Waals surface area contributed by atoms with Gasteiger partial charge in [-0.2, -0.15) is 0 Å². The van der Waals surface area contributed by atoms with Gasteiger partial charge in [0.1, 0.15) is 0 Å². The number of hydrogen-bond acceptors (Lipinski definition) is 4. The zero-order valence-electron chi connectivity index (χ0n) is 15.8. The number of piperidine rings is 1. The van der Waals surface area contributed by atoms with Gasteiger partial charge in [-0.25, -0.2) is 8.42 Å². The lowest BCUT2D eigenvalue weighted by Crippen LogP contribution is -2.30. The summed E-state index contributed by atoms with van der Waals surface area (Å²) >= 11 is 0. The van der Waals surface area contributed by atoms with E-state index in [2.05, 4.69) is 9.62 Å². The molecule has 0 saturated carbocycles. The molecule has 2 aromatic rings. The number of nitrogens with one attached hydrogen (secondary N) is 1. The van der Waals surface area contributed by atoms with Gasteiger partial charge >= 0.3 is 0 Å². The summed E-state index contributed by atoms with van der Waals surface area (Å²) in [4.78, 5) is 16.0. The monoisotopic (exact) mass is 399 g/mol. The molecule has 7 heteroatoms. The van der Waals surface area contributed by atoms with Crippen molar-refractivity contribution >= 4 is 33.0 Å². The molecule has 148 valence electrons. The first-order chi connectivity index (χ1) is 13.5. The number of benzene rings is 2. The Balaban J connectivity index is 1.55. The number of carbonyl (C=O) groups excluding carboxylic acids is 1. The average Bonchev–Trinajstić information content (AvgIpc) is 3.15. The molecule has 0 radical (unpaired) electrons. The number of anilines is 3. The largest absolute Gasteiger partial charge is 0.370 e. The fourth-order valence-corrected chi connectivity index (χ4v) is 4.97. The topological polar surface area (TPSA) is 69.7 Å². The zero-order chi connectivity index (χ0) is 19.6. The molecule has 0 bridgehead atoms. The molecule has 2 heterocycles. The molecule has 2 fully saturated rings. The van der Waals surface area contributed by atoms with Crippen LogP contribution in [0.25, 0.3) is 0 Å². The zero-order valence-corrected chi connectivity index (χ0v) is 16.6. The van der Waals surface area contributed by atoms with Gasteiger partial charge in [-0.3, -0.25) is 9.52 Å². The third kappa shape index (κ3) is 3.85. The van der Waals surface area contributed by atoms with Crippen molar-refractivity contribution in [1.29, 1.82) is 0 Å². The highest BCUT2D eigenvalue weighted by atomic mass is 32.2. The van der Waals surface area contributed by atoms with Gasteiger partial charge in [-0.05, 0) is 62.1 Å². The van der Waals surface area contributed by atoms with E-state index in [4.69, 9.17) is 0 Å². The van der Waals surface area contributed by atoms with Gasteiger partial charge in [0.05, 0.1) is 16.3 Å². The van der Waals surface area contributed by atoms with E-state index in [0.29, 0.717) is 18.7 Å². The Hall–Kier alpha value is -2.54. The lowest BCUT2D eigenvalue weighted by molar-refractivity contribution is -0.117. The predicted molar refractivity (Wildman–Crippen MR) is 111 cm³/mol. The van der Waals surface area contributed by atoms with Crippen molar-refractivity contribution in [2.24, 2.45) is 0 Å². The second kappa shape index (κ2) is 7.83. The Morgan fingerprint density at radius 3 is 2.21 bits per heavy atom. The molecule has 4 rings (SSSR count). The first kappa shape index (κ1) is 18.8.